The van der Waals surface area contributed by atoms with E-state index < -0.39 is 242 Å². The molecule has 7 rings (SSSR count). The van der Waals surface area contributed by atoms with Crippen LogP contribution < -0.4 is 16.0 Å². The van der Waals surface area contributed by atoms with Crippen molar-refractivity contribution in [3.8, 4) is 0 Å². The van der Waals surface area contributed by atoms with Crippen LogP contribution in [0.25, 0.3) is 0 Å². The second-order valence-electron chi connectivity index (χ2n) is 33.4. The third kappa shape index (κ3) is 21.6. The number of alkyl halides is 7. The van der Waals surface area contributed by atoms with Crippen molar-refractivity contribution in [1.82, 2.24) is 60.0 Å². The quantitative estimate of drug-likeness (QED) is 0.0959. The maximum Gasteiger partial charge on any atom is 0.397 e. The van der Waals surface area contributed by atoms with E-state index in [2.05, 4.69) is 16.0 Å². The highest BCUT2D eigenvalue weighted by atomic mass is 19.4. The standard InChI is InChI=1S/C78H123F7N12O13/c1-16-24-55-67(101)87-64(45(6)17-2)73(107)96(50-31-32-50)42-62(100)92(13)56-25-22-21-23-34-95(72(56)106)59(37-46-26-29-49(30-27-46)66(81)82)71(105)90(11)41-60(98)86-54(33-28-47-35-52(79)63(53(80)36-47)78(83,84)85)69(103)97-40-51(110-20-5)38-57(97)68(102)88-77(43-76(7,8)44-77)75(109)94(15)65(48(18-3)19-4)74(108)93(14)58(70(104)89(9)10)39-61(99)91(55)12/h21-22,45-59,63-66H,16-20,23-44H2,1-15H3,(H,86,98)(H,87,101)(H,88,102)/b22-21-/t45-,46?,47?,49?,51+,52?,53?,54-,55-,56-,57-,58-,59-,63?,64-,65-/m0/s1. The smallest absolute Gasteiger partial charge is 0.377 e. The van der Waals surface area contributed by atoms with Gasteiger partial charge in [0.15, 0.2) is 0 Å². The van der Waals surface area contributed by atoms with Crippen LogP contribution in [-0.2, 0) is 62.3 Å². The lowest BCUT2D eigenvalue weighted by Crippen LogP contribution is -2.71. The lowest BCUT2D eigenvalue weighted by Gasteiger charge is -2.54. The van der Waals surface area contributed by atoms with Gasteiger partial charge in [-0.15, -0.1) is 0 Å². The Kier molecular flexibility index (Phi) is 31.6. The molecule has 0 aromatic rings. The molecule has 1 spiro atoms. The number of rotatable bonds is 17. The molecule has 2 unspecified atom stereocenters. The molecule has 7 aliphatic rings. The van der Waals surface area contributed by atoms with Crippen molar-refractivity contribution in [3.05, 3.63) is 12.2 Å². The molecule has 25 nitrogen and oxygen atoms in total. The summed E-state index contributed by atoms with van der Waals surface area (Å²) in [6.07, 6.45) is -10.3. The number of hydrogen-bond donors (Lipinski definition) is 3. The Labute approximate surface area is 644 Å². The van der Waals surface area contributed by atoms with Crippen molar-refractivity contribution < 1.29 is 93.0 Å². The van der Waals surface area contributed by atoms with Gasteiger partial charge in [0, 0.05) is 87.4 Å². The maximum atomic E-state index is 15.8. The SMILES string of the molecule is CCC[C@H]1C(=O)N[C@@H]([C@@H](C)CC)C(=O)N(C2CC2)CC(=O)N(C)[C@H]2C/C=C\CCN(C2=O)[C@@H](CC2CCC(C(F)F)CC2)C(=O)N(C)CC(=O)N[C@@H](CCC2CC(F)C(C(F)(F)F)C(F)C2)C(=O)N2C[C@H](OCC)C[C@H]2C(=O)NC2(CC(C)(C)C2)C(=O)N(C)[C@@H](C(CC)CC)C(=O)N(C)[C@H](C(=O)N(C)C)CC(=O)N1C. The summed E-state index contributed by atoms with van der Waals surface area (Å²) in [5, 5.41) is 8.59. The first-order valence-corrected chi connectivity index (χ1v) is 39.8. The topological polar surface area (TPSA) is 279 Å². The van der Waals surface area contributed by atoms with Crippen molar-refractivity contribution in [1.29, 1.82) is 0 Å². The van der Waals surface area contributed by atoms with E-state index in [4.69, 9.17) is 4.74 Å². The van der Waals surface area contributed by atoms with Crippen LogP contribution >= 0.6 is 0 Å². The third-order valence-electron chi connectivity index (χ3n) is 24.5. The normalized spacial score (nSPS) is 31.8. The minimum Gasteiger partial charge on any atom is -0.377 e. The molecule has 32 heteroatoms. The lowest BCUT2D eigenvalue weighted by atomic mass is 9.58. The van der Waals surface area contributed by atoms with Gasteiger partial charge in [-0.25, -0.2) is 17.6 Å². The second kappa shape index (κ2) is 38.6. The average molecular weight is 1570 g/mol. The van der Waals surface area contributed by atoms with Gasteiger partial charge in [0.2, 0.25) is 77.3 Å². The number of amides is 12. The van der Waals surface area contributed by atoms with Gasteiger partial charge in [0.1, 0.15) is 78.7 Å². The molecule has 2 saturated heterocycles. The van der Waals surface area contributed by atoms with E-state index in [0.29, 0.717) is 38.5 Å². The molecule has 12 atom stereocenters. The average Bonchev–Trinajstić information content (AvgIpc) is 0.778. The number of nitrogens with one attached hydrogen (secondary N) is 3. The van der Waals surface area contributed by atoms with Crippen molar-refractivity contribution in [2.75, 3.05) is 82.1 Å². The van der Waals surface area contributed by atoms with Crippen LogP contribution in [0, 0.1) is 40.9 Å². The van der Waals surface area contributed by atoms with Gasteiger partial charge in [-0.2, -0.15) is 13.2 Å². The van der Waals surface area contributed by atoms with E-state index in [1.54, 1.807) is 32.9 Å². The van der Waals surface area contributed by atoms with E-state index >= 15 is 42.3 Å². The number of carbonyl (C=O) groups excluding carboxylic acids is 12. The van der Waals surface area contributed by atoms with E-state index in [1.165, 1.54) is 78.7 Å². The Bertz CT molecular complexity index is 3280. The van der Waals surface area contributed by atoms with E-state index in [-0.39, 0.29) is 96.7 Å². The van der Waals surface area contributed by atoms with Crippen LogP contribution in [0.4, 0.5) is 30.7 Å². The molecule has 2 bridgehead atoms. The Balaban J connectivity index is 1.35. The van der Waals surface area contributed by atoms with Crippen LogP contribution in [0.3, 0.4) is 0 Å². The largest absolute Gasteiger partial charge is 0.397 e. The molecule has 3 aliphatic heterocycles. The zero-order valence-electron chi connectivity index (χ0n) is 67.2. The molecule has 3 heterocycles. The highest BCUT2D eigenvalue weighted by Gasteiger charge is 2.60. The zero-order chi connectivity index (χ0) is 81.9. The molecule has 6 fully saturated rings. The summed E-state index contributed by atoms with van der Waals surface area (Å²) in [6, 6.07) is -11.6. The molecule has 0 aromatic carbocycles. The van der Waals surface area contributed by atoms with Crippen molar-refractivity contribution >= 4 is 70.9 Å². The van der Waals surface area contributed by atoms with Crippen LogP contribution in [-0.4, -0.2) is 288 Å². The monoisotopic (exact) mass is 1570 g/mol. The fraction of sp³-hybridized carbons (Fsp3) is 0.821. The van der Waals surface area contributed by atoms with Gasteiger partial charge >= 0.3 is 6.18 Å². The molecule has 110 heavy (non-hydrogen) atoms. The Morgan fingerprint density at radius 3 is 1.83 bits per heavy atom. The van der Waals surface area contributed by atoms with Crippen molar-refractivity contribution in [2.24, 2.45) is 40.9 Å². The summed E-state index contributed by atoms with van der Waals surface area (Å²) in [6.45, 7) is 12.7. The second-order valence-corrected chi connectivity index (χ2v) is 33.4. The molecule has 4 aliphatic carbocycles. The first kappa shape index (κ1) is 90.0. The number of ether oxygens (including phenoxy) is 1. The zero-order valence-corrected chi connectivity index (χ0v) is 67.2. The van der Waals surface area contributed by atoms with Crippen molar-refractivity contribution in [2.45, 2.75) is 288 Å². The minimum atomic E-state index is -5.21. The predicted molar refractivity (Wildman–Crippen MR) is 395 cm³/mol. The fourth-order valence-electron chi connectivity index (χ4n) is 17.8. The van der Waals surface area contributed by atoms with Gasteiger partial charge in [-0.3, -0.25) is 57.5 Å². The van der Waals surface area contributed by atoms with Gasteiger partial charge in [-0.1, -0.05) is 86.3 Å². The van der Waals surface area contributed by atoms with E-state index in [0.717, 1.165) is 14.7 Å². The Hall–Kier alpha value is -7.15. The lowest BCUT2D eigenvalue weighted by molar-refractivity contribution is -0.219. The summed E-state index contributed by atoms with van der Waals surface area (Å²) in [5.41, 5.74) is -2.37. The highest BCUT2D eigenvalue weighted by Crippen LogP contribution is 2.50. The Morgan fingerprint density at radius 2 is 1.28 bits per heavy atom. The van der Waals surface area contributed by atoms with Gasteiger partial charge in [-0.05, 0) is 139 Å². The van der Waals surface area contributed by atoms with E-state index in [9.17, 15) is 45.9 Å². The summed E-state index contributed by atoms with van der Waals surface area (Å²) >= 11 is 0. The maximum absolute atomic E-state index is 15.8. The highest BCUT2D eigenvalue weighted by molar-refractivity contribution is 6.01. The number of halogens is 7. The first-order chi connectivity index (χ1) is 51.6. The third-order valence-corrected chi connectivity index (χ3v) is 24.5. The van der Waals surface area contributed by atoms with Crippen LogP contribution in [0.15, 0.2) is 12.2 Å². The van der Waals surface area contributed by atoms with Crippen molar-refractivity contribution in [3.63, 3.8) is 0 Å². The molecule has 0 radical (unpaired) electrons. The molecule has 4 saturated carbocycles. The molecular weight excluding hydrogens is 1450 g/mol. The summed E-state index contributed by atoms with van der Waals surface area (Å²) in [5.74, 6) is -15.5. The number of nitrogens with zero attached hydrogens (tertiary/aromatic N) is 9. The van der Waals surface area contributed by atoms with Gasteiger partial charge in [0.05, 0.1) is 19.1 Å². The summed E-state index contributed by atoms with van der Waals surface area (Å²) < 4.78 is 108. The molecule has 0 aromatic heterocycles. The van der Waals surface area contributed by atoms with Gasteiger partial charge in [0.25, 0.3) is 0 Å². The van der Waals surface area contributed by atoms with E-state index in [1.807, 2.05) is 34.6 Å². The summed E-state index contributed by atoms with van der Waals surface area (Å²) in [4.78, 5) is 194. The predicted octanol–water partition coefficient (Wildman–Crippen LogP) is 7.22. The summed E-state index contributed by atoms with van der Waals surface area (Å²) in [7, 11) is 9.69. The van der Waals surface area contributed by atoms with Gasteiger partial charge < -0.3 is 64.8 Å². The first-order valence-electron chi connectivity index (χ1n) is 39.8. The Morgan fingerprint density at radius 1 is 0.655 bits per heavy atom. The fourth-order valence-corrected chi connectivity index (χ4v) is 17.8. The number of fused-ring (bicyclic) bond motifs is 3. The van der Waals surface area contributed by atoms with Crippen LogP contribution in [0.1, 0.15) is 197 Å². The van der Waals surface area contributed by atoms with Crippen LogP contribution in [0.2, 0.25) is 0 Å². The number of likely N-dealkylation sites (N-methyl/N-ethyl adjacent to an activating group) is 6. The number of hydrogen-bond acceptors (Lipinski definition) is 13. The number of carbonyl (C=O) groups is 12. The molecule has 622 valence electrons. The molecule has 12 amide bonds. The van der Waals surface area contributed by atoms with Crippen LogP contribution in [0.5, 0.6) is 0 Å². The molecular formula is C78H123F7N12O13. The molecule has 3 N–H and O–H groups in total. The minimum absolute atomic E-state index is 0.0118.